The Labute approximate surface area is 81.9 Å². The van der Waals surface area contributed by atoms with Crippen LogP contribution in [-0.2, 0) is 0 Å². The standard InChI is InChI=1S/C6H6N2O2.BF4/c7-5-1-3-6(4-2-5)8(9)10;2-1(3,4)5/h1-4H,7H2;/q;-1/p+1. The summed E-state index contributed by atoms with van der Waals surface area (Å²) in [5.74, 6) is 0. The molecule has 0 aliphatic heterocycles. The van der Waals surface area contributed by atoms with Crippen molar-refractivity contribution in [3.05, 3.63) is 34.4 Å². The molecule has 3 N–H and O–H groups in total. The molecule has 0 saturated carbocycles. The van der Waals surface area contributed by atoms with Crippen LogP contribution in [0.1, 0.15) is 0 Å². The molecule has 0 radical (unpaired) electrons. The minimum Gasteiger partial charge on any atom is -0.418 e. The van der Waals surface area contributed by atoms with Crippen LogP contribution < -0.4 is 5.73 Å². The van der Waals surface area contributed by atoms with E-state index in [0.29, 0.717) is 0 Å². The third-order valence-electron chi connectivity index (χ3n) is 1.15. The number of non-ortho nitro benzene ring substituents is 1. The summed E-state index contributed by atoms with van der Waals surface area (Å²) in [5, 5.41) is 10.1. The van der Waals surface area contributed by atoms with Gasteiger partial charge < -0.3 is 23.0 Å². The van der Waals surface area contributed by atoms with E-state index in [0.717, 1.165) is 5.69 Å². The monoisotopic (exact) mass is 226 g/mol. The summed E-state index contributed by atoms with van der Waals surface area (Å²) in [6.45, 7) is 0. The number of nitro groups is 1. The number of hydrogen-bond acceptors (Lipinski definition) is 2. The van der Waals surface area contributed by atoms with Crippen LogP contribution in [0.2, 0.25) is 0 Å². The summed E-state index contributed by atoms with van der Waals surface area (Å²) in [4.78, 5) is 9.67. The van der Waals surface area contributed by atoms with Gasteiger partial charge in [-0.25, -0.2) is 0 Å². The van der Waals surface area contributed by atoms with Crippen LogP contribution >= 0.6 is 0 Å². The highest BCUT2D eigenvalue weighted by atomic mass is 19.5. The fraction of sp³-hybridized carbons (Fsp3) is 0. The Hall–Kier alpha value is -1.64. The Kier molecular flexibility index (Phi) is 4.72. The molecule has 1 rings (SSSR count). The Morgan fingerprint density at radius 3 is 1.73 bits per heavy atom. The van der Waals surface area contributed by atoms with Crippen LogP contribution in [0, 0.1) is 10.1 Å². The van der Waals surface area contributed by atoms with Crippen molar-refractivity contribution in [1.82, 2.24) is 0 Å². The fourth-order valence-electron chi connectivity index (χ4n) is 0.618. The first kappa shape index (κ1) is 13.4. The summed E-state index contributed by atoms with van der Waals surface area (Å²) in [5.41, 5.74) is 4.49. The summed E-state index contributed by atoms with van der Waals surface area (Å²) < 4.78 is 39.0. The van der Waals surface area contributed by atoms with Crippen molar-refractivity contribution in [3.63, 3.8) is 0 Å². The van der Waals surface area contributed by atoms with Gasteiger partial charge in [0.2, 0.25) is 0 Å². The topological polar surface area (TPSA) is 70.8 Å². The molecule has 0 amide bonds. The number of nitro benzene ring substituents is 1. The molecular formula is C6H7BF4N2O2. The molecule has 0 heterocycles. The number of halogens is 4. The van der Waals surface area contributed by atoms with Gasteiger partial charge in [-0.15, -0.1) is 0 Å². The molecule has 0 aromatic heterocycles. The first-order valence-corrected chi connectivity index (χ1v) is 3.64. The molecule has 9 heteroatoms. The van der Waals surface area contributed by atoms with E-state index in [2.05, 4.69) is 5.73 Å². The van der Waals surface area contributed by atoms with Gasteiger partial charge in [0.1, 0.15) is 5.69 Å². The van der Waals surface area contributed by atoms with Crippen LogP contribution in [0.25, 0.3) is 0 Å². The Bertz CT molecular complexity index is 321. The molecular weight excluding hydrogens is 219 g/mol. The summed E-state index contributed by atoms with van der Waals surface area (Å²) >= 11 is 0. The Morgan fingerprint density at radius 2 is 1.47 bits per heavy atom. The van der Waals surface area contributed by atoms with Crippen molar-refractivity contribution >= 4 is 18.6 Å². The maximum Gasteiger partial charge on any atom is 0.673 e. The highest BCUT2D eigenvalue weighted by Crippen LogP contribution is 2.11. The lowest BCUT2D eigenvalue weighted by Crippen LogP contribution is -2.39. The van der Waals surface area contributed by atoms with Gasteiger partial charge in [0.15, 0.2) is 0 Å². The van der Waals surface area contributed by atoms with E-state index >= 15 is 0 Å². The number of quaternary nitrogens is 1. The molecule has 0 unspecified atom stereocenters. The van der Waals surface area contributed by atoms with Gasteiger partial charge in [-0.05, 0) is 0 Å². The van der Waals surface area contributed by atoms with Crippen LogP contribution in [0.15, 0.2) is 24.3 Å². The minimum absolute atomic E-state index is 0.104. The molecule has 0 atom stereocenters. The molecule has 0 fully saturated rings. The largest absolute Gasteiger partial charge is 0.673 e. The second kappa shape index (κ2) is 5.30. The molecule has 84 valence electrons. The number of benzene rings is 1. The molecule has 0 aliphatic rings. The quantitative estimate of drug-likeness (QED) is 0.343. The predicted octanol–water partition coefficient (Wildman–Crippen LogP) is 1.77. The summed E-state index contributed by atoms with van der Waals surface area (Å²) in [6.07, 6.45) is 0. The van der Waals surface area contributed by atoms with Gasteiger partial charge in [-0.1, -0.05) is 0 Å². The predicted molar refractivity (Wildman–Crippen MR) is 45.8 cm³/mol. The summed E-state index contributed by atoms with van der Waals surface area (Å²) in [7, 11) is -6.00. The lowest BCUT2D eigenvalue weighted by Gasteiger charge is -1.94. The van der Waals surface area contributed by atoms with E-state index in [9.17, 15) is 27.4 Å². The van der Waals surface area contributed by atoms with Gasteiger partial charge >= 0.3 is 7.25 Å². The SMILES string of the molecule is F[B-](F)(F)F.[NH3+]c1ccc([N+](=O)[O-])cc1. The highest BCUT2D eigenvalue weighted by molar-refractivity contribution is 6.50. The number of nitrogens with zero attached hydrogens (tertiary/aromatic N) is 1. The van der Waals surface area contributed by atoms with Crippen molar-refractivity contribution in [2.45, 2.75) is 0 Å². The Morgan fingerprint density at radius 1 is 1.13 bits per heavy atom. The van der Waals surface area contributed by atoms with Crippen molar-refractivity contribution in [1.29, 1.82) is 0 Å². The lowest BCUT2D eigenvalue weighted by atomic mass is 10.3. The first-order valence-electron chi connectivity index (χ1n) is 3.64. The Balaban J connectivity index is 0.000000336. The van der Waals surface area contributed by atoms with Crippen LogP contribution in [0.5, 0.6) is 0 Å². The zero-order valence-corrected chi connectivity index (χ0v) is 7.37. The molecule has 15 heavy (non-hydrogen) atoms. The average Bonchev–Trinajstić information content (AvgIpc) is 2.01. The van der Waals surface area contributed by atoms with Gasteiger partial charge in [-0.2, -0.15) is 0 Å². The zero-order valence-electron chi connectivity index (χ0n) is 7.37. The minimum atomic E-state index is -6.00. The molecule has 4 nitrogen and oxygen atoms in total. The molecule has 1 aromatic rings. The highest BCUT2D eigenvalue weighted by Gasteiger charge is 2.20. The molecule has 0 saturated heterocycles. The summed E-state index contributed by atoms with van der Waals surface area (Å²) in [6, 6.07) is 6.08. The van der Waals surface area contributed by atoms with Gasteiger partial charge in [0.05, 0.1) is 4.92 Å². The van der Waals surface area contributed by atoms with Gasteiger partial charge in [0.25, 0.3) is 5.69 Å². The third kappa shape index (κ3) is 8.69. The smallest absolute Gasteiger partial charge is 0.418 e. The van der Waals surface area contributed by atoms with Crippen molar-refractivity contribution in [3.8, 4) is 0 Å². The van der Waals surface area contributed by atoms with E-state index in [4.69, 9.17) is 0 Å². The van der Waals surface area contributed by atoms with Crippen LogP contribution in [0.3, 0.4) is 0 Å². The van der Waals surface area contributed by atoms with E-state index in [-0.39, 0.29) is 5.69 Å². The van der Waals surface area contributed by atoms with Crippen LogP contribution in [-0.4, -0.2) is 12.2 Å². The van der Waals surface area contributed by atoms with Crippen LogP contribution in [0.4, 0.5) is 28.6 Å². The molecule has 0 aliphatic carbocycles. The second-order valence-electron chi connectivity index (χ2n) is 2.42. The van der Waals surface area contributed by atoms with E-state index in [1.807, 2.05) is 0 Å². The lowest BCUT2D eigenvalue weighted by molar-refractivity contribution is -0.385. The maximum atomic E-state index is 10.1. The third-order valence-corrected chi connectivity index (χ3v) is 1.15. The van der Waals surface area contributed by atoms with Gasteiger partial charge in [0, 0.05) is 24.3 Å². The molecule has 1 aromatic carbocycles. The normalized spacial score (nSPS) is 10.2. The number of rotatable bonds is 1. The fourth-order valence-corrected chi connectivity index (χ4v) is 0.618. The molecule has 0 spiro atoms. The zero-order chi connectivity index (χ0) is 12.1. The maximum absolute atomic E-state index is 10.1. The first-order chi connectivity index (χ1) is 6.70. The van der Waals surface area contributed by atoms with E-state index < -0.39 is 12.2 Å². The molecule has 0 bridgehead atoms. The van der Waals surface area contributed by atoms with Crippen molar-refractivity contribution in [2.75, 3.05) is 0 Å². The second-order valence-corrected chi connectivity index (χ2v) is 2.42. The average molecular weight is 226 g/mol. The number of hydrogen-bond donors (Lipinski definition) is 1. The van der Waals surface area contributed by atoms with Crippen molar-refractivity contribution < 1.29 is 27.9 Å². The van der Waals surface area contributed by atoms with Crippen molar-refractivity contribution in [2.24, 2.45) is 0 Å². The van der Waals surface area contributed by atoms with Gasteiger partial charge in [-0.3, -0.25) is 10.1 Å². The van der Waals surface area contributed by atoms with E-state index in [1.165, 1.54) is 12.1 Å². The van der Waals surface area contributed by atoms with E-state index in [1.54, 1.807) is 12.1 Å².